The van der Waals surface area contributed by atoms with Crippen molar-refractivity contribution in [2.45, 2.75) is 38.1 Å². The van der Waals surface area contributed by atoms with Gasteiger partial charge in [0.2, 0.25) is 0 Å². The van der Waals surface area contributed by atoms with E-state index in [4.69, 9.17) is 24.5 Å². The van der Waals surface area contributed by atoms with Crippen molar-refractivity contribution in [1.82, 2.24) is 5.32 Å². The average molecular weight is 335 g/mol. The number of nitrogens with one attached hydrogen (secondary N) is 1. The molecule has 1 heterocycles. The topological polar surface area (TPSA) is 95.9 Å². The zero-order valence-electron chi connectivity index (χ0n) is 14.1. The lowest BCUT2D eigenvalue weighted by molar-refractivity contribution is -0.159. The first kappa shape index (κ1) is 18.3. The number of hydrogen-bond donors (Lipinski definition) is 3. The Balaban J connectivity index is 0.000000301. The normalized spacial score (nSPS) is 28.2. The molecule has 0 spiro atoms. The number of rotatable bonds is 2. The number of carboxylic acid groups (broad SMARTS) is 2. The minimum atomic E-state index is -1.82. The van der Waals surface area contributed by atoms with E-state index in [1.165, 1.54) is 31.4 Å². The summed E-state index contributed by atoms with van der Waals surface area (Å²) in [6.07, 6.45) is 4.11. The van der Waals surface area contributed by atoms with Crippen LogP contribution in [0.2, 0.25) is 0 Å². The number of benzene rings is 1. The molecule has 1 aromatic rings. The second-order valence-electron chi connectivity index (χ2n) is 6.45. The number of carbonyl (C=O) groups is 2. The summed E-state index contributed by atoms with van der Waals surface area (Å²) in [7, 11) is 1.75. The van der Waals surface area contributed by atoms with E-state index in [2.05, 4.69) is 30.4 Å². The predicted molar refractivity (Wildman–Crippen MR) is 89.3 cm³/mol. The highest BCUT2D eigenvalue weighted by atomic mass is 16.5. The van der Waals surface area contributed by atoms with Gasteiger partial charge in [-0.15, -0.1) is 0 Å². The van der Waals surface area contributed by atoms with Gasteiger partial charge in [-0.05, 0) is 61.8 Å². The van der Waals surface area contributed by atoms with Gasteiger partial charge in [-0.1, -0.05) is 18.6 Å². The van der Waals surface area contributed by atoms with Crippen LogP contribution in [0.15, 0.2) is 24.3 Å². The molecule has 0 amide bonds. The largest absolute Gasteiger partial charge is 0.497 e. The van der Waals surface area contributed by atoms with Crippen LogP contribution in [0.5, 0.6) is 5.75 Å². The monoisotopic (exact) mass is 335 g/mol. The van der Waals surface area contributed by atoms with Crippen molar-refractivity contribution in [3.63, 3.8) is 0 Å². The fourth-order valence-corrected chi connectivity index (χ4v) is 3.97. The Morgan fingerprint density at radius 3 is 2.50 bits per heavy atom. The first-order chi connectivity index (χ1) is 11.4. The molecule has 0 radical (unpaired) electrons. The second kappa shape index (κ2) is 8.15. The Labute approximate surface area is 141 Å². The van der Waals surface area contributed by atoms with Crippen LogP contribution in [0.1, 0.15) is 37.7 Å². The highest BCUT2D eigenvalue weighted by Gasteiger charge is 2.40. The van der Waals surface area contributed by atoms with Crippen molar-refractivity contribution < 1.29 is 24.5 Å². The first-order valence-electron chi connectivity index (χ1n) is 8.27. The molecule has 2 aliphatic rings. The van der Waals surface area contributed by atoms with Crippen molar-refractivity contribution in [3.05, 3.63) is 29.8 Å². The summed E-state index contributed by atoms with van der Waals surface area (Å²) in [5.41, 5.74) is 1.47. The molecule has 6 heteroatoms. The van der Waals surface area contributed by atoms with Gasteiger partial charge in [0.15, 0.2) is 0 Å². The summed E-state index contributed by atoms with van der Waals surface area (Å²) in [5, 5.41) is 18.4. The van der Waals surface area contributed by atoms with Crippen LogP contribution in [0.3, 0.4) is 0 Å². The maximum Gasteiger partial charge on any atom is 0.414 e. The minimum Gasteiger partial charge on any atom is -0.497 e. The molecule has 3 unspecified atom stereocenters. The molecule has 1 saturated heterocycles. The molecule has 3 rings (SSSR count). The standard InChI is InChI=1S/C16H23NO.C2H2O4/c1-11-14-7-4-8-15(16(14)10-17-11)12-5-3-6-13(9-12)18-2;3-1(4)2(5)6/h3,5-6,9,11,14-17H,4,7-8,10H2,1-2H3;(H,3,4)(H,5,6)/t11?,14-,15?,16?;/m1./s1. The molecular weight excluding hydrogens is 310 g/mol. The molecule has 3 N–H and O–H groups in total. The Morgan fingerprint density at radius 1 is 1.17 bits per heavy atom. The second-order valence-corrected chi connectivity index (χ2v) is 6.45. The van der Waals surface area contributed by atoms with E-state index in [0.717, 1.165) is 23.5 Å². The summed E-state index contributed by atoms with van der Waals surface area (Å²) >= 11 is 0. The van der Waals surface area contributed by atoms with Gasteiger partial charge in [-0.3, -0.25) is 0 Å². The fraction of sp³-hybridized carbons (Fsp3) is 0.556. The molecule has 1 aliphatic carbocycles. The van der Waals surface area contributed by atoms with E-state index in [9.17, 15) is 0 Å². The van der Waals surface area contributed by atoms with Crippen molar-refractivity contribution in [2.75, 3.05) is 13.7 Å². The minimum absolute atomic E-state index is 0.698. The van der Waals surface area contributed by atoms with Crippen LogP contribution < -0.4 is 10.1 Å². The summed E-state index contributed by atoms with van der Waals surface area (Å²) in [4.78, 5) is 18.2. The summed E-state index contributed by atoms with van der Waals surface area (Å²) in [6.45, 7) is 3.53. The average Bonchev–Trinajstić information content (AvgIpc) is 2.97. The van der Waals surface area contributed by atoms with Crippen LogP contribution in [0, 0.1) is 11.8 Å². The smallest absolute Gasteiger partial charge is 0.414 e. The molecule has 1 aromatic carbocycles. The molecular formula is C18H25NO5. The Bertz CT molecular complexity index is 577. The number of hydrogen-bond acceptors (Lipinski definition) is 4. The van der Waals surface area contributed by atoms with Crippen LogP contribution in [0.4, 0.5) is 0 Å². The number of fused-ring (bicyclic) bond motifs is 1. The molecule has 4 atom stereocenters. The molecule has 132 valence electrons. The number of carboxylic acids is 2. The maximum atomic E-state index is 9.10. The van der Waals surface area contributed by atoms with E-state index in [-0.39, 0.29) is 0 Å². The highest BCUT2D eigenvalue weighted by molar-refractivity contribution is 6.27. The van der Waals surface area contributed by atoms with E-state index >= 15 is 0 Å². The Morgan fingerprint density at radius 2 is 1.88 bits per heavy atom. The van der Waals surface area contributed by atoms with Crippen LogP contribution in [0.25, 0.3) is 0 Å². The Kier molecular flexibility index (Phi) is 6.20. The van der Waals surface area contributed by atoms with Crippen molar-refractivity contribution in [1.29, 1.82) is 0 Å². The number of methoxy groups -OCH3 is 1. The van der Waals surface area contributed by atoms with Gasteiger partial charge in [-0.25, -0.2) is 9.59 Å². The SMILES string of the molecule is COc1cccc(C2CCC[C@@H]3C(C)NCC23)c1.O=C(O)C(=O)O. The Hall–Kier alpha value is -2.08. The van der Waals surface area contributed by atoms with Gasteiger partial charge in [0.1, 0.15) is 5.75 Å². The quantitative estimate of drug-likeness (QED) is 0.718. The first-order valence-corrected chi connectivity index (χ1v) is 8.27. The van der Waals surface area contributed by atoms with Crippen molar-refractivity contribution in [3.8, 4) is 5.75 Å². The summed E-state index contributed by atoms with van der Waals surface area (Å²) in [6, 6.07) is 9.38. The number of aliphatic carboxylic acids is 2. The molecule has 0 bridgehead atoms. The lowest BCUT2D eigenvalue weighted by Gasteiger charge is -2.35. The van der Waals surface area contributed by atoms with Gasteiger partial charge in [-0.2, -0.15) is 0 Å². The zero-order chi connectivity index (χ0) is 17.7. The molecule has 0 aromatic heterocycles. The van der Waals surface area contributed by atoms with Crippen molar-refractivity contribution >= 4 is 11.9 Å². The van der Waals surface area contributed by atoms with E-state index in [1.807, 2.05) is 6.07 Å². The van der Waals surface area contributed by atoms with Gasteiger partial charge in [0.05, 0.1) is 7.11 Å². The van der Waals surface area contributed by atoms with Crippen LogP contribution >= 0.6 is 0 Å². The summed E-state index contributed by atoms with van der Waals surface area (Å²) in [5.74, 6) is -0.245. The molecule has 24 heavy (non-hydrogen) atoms. The van der Waals surface area contributed by atoms with Crippen LogP contribution in [-0.2, 0) is 9.59 Å². The molecule has 6 nitrogen and oxygen atoms in total. The lowest BCUT2D eigenvalue weighted by atomic mass is 9.69. The lowest BCUT2D eigenvalue weighted by Crippen LogP contribution is -2.28. The van der Waals surface area contributed by atoms with E-state index in [0.29, 0.717) is 6.04 Å². The third kappa shape index (κ3) is 4.26. The highest BCUT2D eigenvalue weighted by Crippen LogP contribution is 2.45. The molecule has 1 aliphatic heterocycles. The molecule has 1 saturated carbocycles. The molecule has 2 fully saturated rings. The van der Waals surface area contributed by atoms with Gasteiger partial charge < -0.3 is 20.3 Å². The van der Waals surface area contributed by atoms with Crippen LogP contribution in [-0.4, -0.2) is 41.8 Å². The third-order valence-corrected chi connectivity index (χ3v) is 5.14. The maximum absolute atomic E-state index is 9.10. The van der Waals surface area contributed by atoms with Crippen molar-refractivity contribution in [2.24, 2.45) is 11.8 Å². The van der Waals surface area contributed by atoms with Gasteiger partial charge >= 0.3 is 11.9 Å². The predicted octanol–water partition coefficient (Wildman–Crippen LogP) is 2.34. The van der Waals surface area contributed by atoms with E-state index < -0.39 is 11.9 Å². The van der Waals surface area contributed by atoms with E-state index in [1.54, 1.807) is 7.11 Å². The zero-order valence-corrected chi connectivity index (χ0v) is 14.1. The fourth-order valence-electron chi connectivity index (χ4n) is 3.97. The van der Waals surface area contributed by atoms with Gasteiger partial charge in [0, 0.05) is 6.04 Å². The summed E-state index contributed by atoms with van der Waals surface area (Å²) < 4.78 is 5.36. The van der Waals surface area contributed by atoms with Gasteiger partial charge in [0.25, 0.3) is 0 Å². The third-order valence-electron chi connectivity index (χ3n) is 5.14. The number of ether oxygens (including phenoxy) is 1.